The van der Waals surface area contributed by atoms with Crippen molar-refractivity contribution in [1.29, 1.82) is 5.26 Å². The first kappa shape index (κ1) is 14.5. The molecule has 1 rings (SSSR count). The molecule has 1 aromatic rings. The van der Waals surface area contributed by atoms with E-state index in [2.05, 4.69) is 6.07 Å². The smallest absolute Gasteiger partial charge is 0.123 e. The molecule has 0 aliphatic rings. The molecule has 2 N–H and O–H groups in total. The monoisotopic (exact) mass is 250 g/mol. The van der Waals surface area contributed by atoms with Gasteiger partial charge in [-0.2, -0.15) is 5.26 Å². The molecule has 0 amide bonds. The molecular weight excluding hydrogens is 231 g/mol. The number of halogens is 1. The number of hydrogen-bond acceptors (Lipinski definition) is 3. The third-order valence-electron chi connectivity index (χ3n) is 2.72. The molecule has 0 bridgehead atoms. The van der Waals surface area contributed by atoms with Crippen LogP contribution in [0.15, 0.2) is 18.2 Å². The quantitative estimate of drug-likeness (QED) is 0.844. The van der Waals surface area contributed by atoms with E-state index in [1.165, 1.54) is 12.1 Å². The van der Waals surface area contributed by atoms with Gasteiger partial charge < -0.3 is 10.5 Å². The maximum absolute atomic E-state index is 13.1. The molecule has 0 aliphatic heterocycles. The van der Waals surface area contributed by atoms with Gasteiger partial charge in [-0.15, -0.1) is 0 Å². The van der Waals surface area contributed by atoms with Gasteiger partial charge in [-0.25, -0.2) is 4.39 Å². The second-order valence-electron chi connectivity index (χ2n) is 4.88. The van der Waals surface area contributed by atoms with Crippen LogP contribution in [-0.2, 0) is 6.42 Å². The molecular formula is C14H19FN2O. The lowest BCUT2D eigenvalue weighted by Crippen LogP contribution is -2.14. The van der Waals surface area contributed by atoms with Crippen LogP contribution in [0.25, 0.3) is 0 Å². The van der Waals surface area contributed by atoms with Gasteiger partial charge in [0, 0.05) is 0 Å². The normalized spacial score (nSPS) is 11.1. The van der Waals surface area contributed by atoms with Gasteiger partial charge in [0.1, 0.15) is 11.6 Å². The van der Waals surface area contributed by atoms with Crippen molar-refractivity contribution in [3.8, 4) is 11.8 Å². The highest BCUT2D eigenvalue weighted by molar-refractivity contribution is 5.34. The van der Waals surface area contributed by atoms with Crippen molar-refractivity contribution in [2.45, 2.75) is 26.7 Å². The van der Waals surface area contributed by atoms with E-state index in [4.69, 9.17) is 15.7 Å². The maximum atomic E-state index is 13.1. The van der Waals surface area contributed by atoms with Crippen molar-refractivity contribution >= 4 is 0 Å². The van der Waals surface area contributed by atoms with Crippen LogP contribution in [0, 0.1) is 22.6 Å². The summed E-state index contributed by atoms with van der Waals surface area (Å²) >= 11 is 0. The molecule has 3 nitrogen and oxygen atoms in total. The van der Waals surface area contributed by atoms with E-state index in [1.54, 1.807) is 6.07 Å². The fourth-order valence-corrected chi connectivity index (χ4v) is 1.51. The Morgan fingerprint density at radius 1 is 1.44 bits per heavy atom. The van der Waals surface area contributed by atoms with Crippen molar-refractivity contribution in [3.63, 3.8) is 0 Å². The van der Waals surface area contributed by atoms with Crippen LogP contribution in [0.2, 0.25) is 0 Å². The zero-order chi connectivity index (χ0) is 13.6. The lowest BCUT2D eigenvalue weighted by molar-refractivity contribution is 0.262. The summed E-state index contributed by atoms with van der Waals surface area (Å²) in [5, 5.41) is 8.89. The summed E-state index contributed by atoms with van der Waals surface area (Å²) in [4.78, 5) is 0. The number of nitriles is 1. The zero-order valence-electron chi connectivity index (χ0n) is 10.9. The van der Waals surface area contributed by atoms with Gasteiger partial charge in [-0.3, -0.25) is 0 Å². The molecule has 0 aliphatic carbocycles. The van der Waals surface area contributed by atoms with Gasteiger partial charge in [-0.1, -0.05) is 0 Å². The summed E-state index contributed by atoms with van der Waals surface area (Å²) in [6.07, 6.45) is 1.21. The summed E-state index contributed by atoms with van der Waals surface area (Å²) < 4.78 is 18.7. The van der Waals surface area contributed by atoms with Crippen molar-refractivity contribution in [2.24, 2.45) is 11.1 Å². The molecule has 0 atom stereocenters. The van der Waals surface area contributed by atoms with E-state index in [0.29, 0.717) is 31.7 Å². The number of benzene rings is 1. The zero-order valence-corrected chi connectivity index (χ0v) is 10.9. The largest absolute Gasteiger partial charge is 0.493 e. The fourth-order valence-electron chi connectivity index (χ4n) is 1.51. The summed E-state index contributed by atoms with van der Waals surface area (Å²) in [5.74, 6) is 0.360. The molecule has 0 saturated carbocycles. The Labute approximate surface area is 107 Å². The number of nitrogens with two attached hydrogens (primary N) is 1. The van der Waals surface area contributed by atoms with Crippen LogP contribution >= 0.6 is 0 Å². The van der Waals surface area contributed by atoms with E-state index in [-0.39, 0.29) is 5.82 Å². The molecule has 0 aromatic heterocycles. The molecule has 18 heavy (non-hydrogen) atoms. The van der Waals surface area contributed by atoms with E-state index < -0.39 is 5.41 Å². The van der Waals surface area contributed by atoms with E-state index in [9.17, 15) is 4.39 Å². The summed E-state index contributed by atoms with van der Waals surface area (Å²) in [5.41, 5.74) is 5.84. The SMILES string of the molecule is CC(C)(C#N)CCOc1ccc(F)cc1CCN. The number of nitrogens with zero attached hydrogens (tertiary/aromatic N) is 1. The summed E-state index contributed by atoms with van der Waals surface area (Å²) in [7, 11) is 0. The Morgan fingerprint density at radius 3 is 2.78 bits per heavy atom. The maximum Gasteiger partial charge on any atom is 0.123 e. The minimum Gasteiger partial charge on any atom is -0.493 e. The van der Waals surface area contributed by atoms with Crippen LogP contribution in [0.1, 0.15) is 25.8 Å². The summed E-state index contributed by atoms with van der Waals surface area (Å²) in [6, 6.07) is 6.64. The topological polar surface area (TPSA) is 59.0 Å². The van der Waals surface area contributed by atoms with E-state index >= 15 is 0 Å². The number of rotatable bonds is 6. The third-order valence-corrected chi connectivity index (χ3v) is 2.72. The summed E-state index contributed by atoms with van der Waals surface area (Å²) in [6.45, 7) is 4.61. The van der Waals surface area contributed by atoms with Crippen LogP contribution in [0.5, 0.6) is 5.75 Å². The minimum atomic E-state index is -0.409. The van der Waals surface area contributed by atoms with Gasteiger partial charge >= 0.3 is 0 Å². The lowest BCUT2D eigenvalue weighted by atomic mass is 9.92. The average molecular weight is 250 g/mol. The highest BCUT2D eigenvalue weighted by Crippen LogP contribution is 2.23. The van der Waals surface area contributed by atoms with E-state index in [1.807, 2.05) is 13.8 Å². The molecule has 1 aromatic carbocycles. The predicted octanol–water partition coefficient (Wildman–Crippen LogP) is 2.65. The van der Waals surface area contributed by atoms with Gasteiger partial charge in [0.2, 0.25) is 0 Å². The Balaban J connectivity index is 2.65. The molecule has 0 heterocycles. The number of ether oxygens (including phenoxy) is 1. The van der Waals surface area contributed by atoms with Crippen molar-refractivity contribution < 1.29 is 9.13 Å². The second kappa shape index (κ2) is 6.36. The molecule has 98 valence electrons. The third kappa shape index (κ3) is 4.34. The fraction of sp³-hybridized carbons (Fsp3) is 0.500. The van der Waals surface area contributed by atoms with Gasteiger partial charge in [0.25, 0.3) is 0 Å². The molecule has 0 unspecified atom stereocenters. The first-order valence-electron chi connectivity index (χ1n) is 6.01. The van der Waals surface area contributed by atoms with Gasteiger partial charge in [0.15, 0.2) is 0 Å². The predicted molar refractivity (Wildman–Crippen MR) is 68.7 cm³/mol. The second-order valence-corrected chi connectivity index (χ2v) is 4.88. The highest BCUT2D eigenvalue weighted by Gasteiger charge is 2.16. The van der Waals surface area contributed by atoms with Crippen molar-refractivity contribution in [1.82, 2.24) is 0 Å². The highest BCUT2D eigenvalue weighted by atomic mass is 19.1. The van der Waals surface area contributed by atoms with Crippen molar-refractivity contribution in [2.75, 3.05) is 13.2 Å². The molecule has 0 saturated heterocycles. The Morgan fingerprint density at radius 2 is 2.17 bits per heavy atom. The van der Waals surface area contributed by atoms with E-state index in [0.717, 1.165) is 5.56 Å². The van der Waals surface area contributed by atoms with Crippen LogP contribution < -0.4 is 10.5 Å². The van der Waals surface area contributed by atoms with Gasteiger partial charge in [0.05, 0.1) is 18.1 Å². The minimum absolute atomic E-state index is 0.289. The number of hydrogen-bond donors (Lipinski definition) is 1. The first-order chi connectivity index (χ1) is 8.48. The molecule has 0 spiro atoms. The van der Waals surface area contributed by atoms with Crippen LogP contribution in [0.4, 0.5) is 4.39 Å². The Hall–Kier alpha value is -1.60. The Kier molecular flexibility index (Phi) is 5.11. The lowest BCUT2D eigenvalue weighted by Gasteiger charge is -2.16. The molecule has 0 radical (unpaired) electrons. The van der Waals surface area contributed by atoms with Gasteiger partial charge in [-0.05, 0) is 57.0 Å². The standard InChI is InChI=1S/C14H19FN2O/c1-14(2,10-17)6-8-18-13-4-3-12(15)9-11(13)5-7-16/h3-4,9H,5-8,16H2,1-2H3. The Bertz CT molecular complexity index is 438. The van der Waals surface area contributed by atoms with Crippen molar-refractivity contribution in [3.05, 3.63) is 29.6 Å². The van der Waals surface area contributed by atoms with Crippen LogP contribution in [-0.4, -0.2) is 13.2 Å². The first-order valence-corrected chi connectivity index (χ1v) is 6.01. The average Bonchev–Trinajstić information content (AvgIpc) is 2.32. The molecule has 4 heteroatoms. The molecule has 0 fully saturated rings. The van der Waals surface area contributed by atoms with Crippen LogP contribution in [0.3, 0.4) is 0 Å².